The van der Waals surface area contributed by atoms with Crippen LogP contribution in [0.5, 0.6) is 0 Å². The first-order valence-corrected chi connectivity index (χ1v) is 7.08. The third kappa shape index (κ3) is 2.81. The standard InChI is InChI=1S/C16H18N6/c1-16(2,11-5-7-18-8-6-11)9-19-14-12-3-4-13(17)22-15(12)21-10-20-14/h3-8,10H,9H2,1-2H3,(H3,17,19,20,21,22). The van der Waals surface area contributed by atoms with Crippen LogP contribution in [0.4, 0.5) is 11.6 Å². The molecule has 0 unspecified atom stereocenters. The second kappa shape index (κ2) is 5.55. The highest BCUT2D eigenvalue weighted by molar-refractivity contribution is 5.87. The smallest absolute Gasteiger partial charge is 0.166 e. The molecule has 3 aromatic rings. The number of nitrogen functional groups attached to an aromatic ring is 1. The van der Waals surface area contributed by atoms with Gasteiger partial charge in [-0.25, -0.2) is 15.0 Å². The number of fused-ring (bicyclic) bond motifs is 1. The van der Waals surface area contributed by atoms with Crippen molar-refractivity contribution in [2.45, 2.75) is 19.3 Å². The van der Waals surface area contributed by atoms with E-state index >= 15 is 0 Å². The number of pyridine rings is 2. The Morgan fingerprint density at radius 3 is 2.64 bits per heavy atom. The Balaban J connectivity index is 1.85. The van der Waals surface area contributed by atoms with E-state index in [0.717, 1.165) is 17.7 Å². The molecule has 0 fully saturated rings. The SMILES string of the molecule is CC(C)(CNc1ncnc2nc(N)ccc12)c1ccncc1. The number of rotatable bonds is 4. The van der Waals surface area contributed by atoms with Crippen molar-refractivity contribution in [2.75, 3.05) is 17.6 Å². The van der Waals surface area contributed by atoms with Crippen LogP contribution in [0, 0.1) is 0 Å². The molecule has 3 N–H and O–H groups in total. The first kappa shape index (κ1) is 14.2. The van der Waals surface area contributed by atoms with Gasteiger partial charge in [0.15, 0.2) is 5.65 Å². The molecule has 6 heteroatoms. The molecule has 0 radical (unpaired) electrons. The number of nitrogens with two attached hydrogens (primary N) is 1. The third-order valence-corrected chi connectivity index (χ3v) is 3.68. The van der Waals surface area contributed by atoms with Crippen molar-refractivity contribution in [2.24, 2.45) is 0 Å². The lowest BCUT2D eigenvalue weighted by atomic mass is 9.85. The predicted octanol–water partition coefficient (Wildman–Crippen LogP) is 2.39. The molecule has 22 heavy (non-hydrogen) atoms. The molecule has 0 bridgehead atoms. The van der Waals surface area contributed by atoms with Gasteiger partial charge in [0.2, 0.25) is 0 Å². The number of hydrogen-bond donors (Lipinski definition) is 2. The highest BCUT2D eigenvalue weighted by Gasteiger charge is 2.20. The van der Waals surface area contributed by atoms with Crippen molar-refractivity contribution in [1.29, 1.82) is 0 Å². The summed E-state index contributed by atoms with van der Waals surface area (Å²) < 4.78 is 0. The Morgan fingerprint density at radius 2 is 1.86 bits per heavy atom. The van der Waals surface area contributed by atoms with E-state index in [9.17, 15) is 0 Å². The van der Waals surface area contributed by atoms with Crippen LogP contribution >= 0.6 is 0 Å². The maximum absolute atomic E-state index is 5.70. The molecular weight excluding hydrogens is 276 g/mol. The molecule has 112 valence electrons. The summed E-state index contributed by atoms with van der Waals surface area (Å²) in [5.41, 5.74) is 7.46. The minimum absolute atomic E-state index is 0.0541. The van der Waals surface area contributed by atoms with Gasteiger partial charge < -0.3 is 11.1 Å². The van der Waals surface area contributed by atoms with Crippen molar-refractivity contribution in [3.8, 4) is 0 Å². The number of anilines is 2. The van der Waals surface area contributed by atoms with Gasteiger partial charge in [-0.2, -0.15) is 0 Å². The molecule has 3 aromatic heterocycles. The molecule has 0 aliphatic heterocycles. The van der Waals surface area contributed by atoms with Gasteiger partial charge in [0, 0.05) is 24.4 Å². The van der Waals surface area contributed by atoms with E-state index in [1.807, 2.05) is 30.6 Å². The zero-order valence-corrected chi connectivity index (χ0v) is 12.6. The Morgan fingerprint density at radius 1 is 1.09 bits per heavy atom. The van der Waals surface area contributed by atoms with Crippen molar-refractivity contribution in [3.63, 3.8) is 0 Å². The minimum atomic E-state index is -0.0541. The summed E-state index contributed by atoms with van der Waals surface area (Å²) >= 11 is 0. The fourth-order valence-corrected chi connectivity index (χ4v) is 2.31. The second-order valence-corrected chi connectivity index (χ2v) is 5.80. The van der Waals surface area contributed by atoms with Crippen LogP contribution in [0.25, 0.3) is 11.0 Å². The van der Waals surface area contributed by atoms with Crippen molar-refractivity contribution < 1.29 is 0 Å². The summed E-state index contributed by atoms with van der Waals surface area (Å²) in [4.78, 5) is 16.8. The second-order valence-electron chi connectivity index (χ2n) is 5.80. The molecule has 0 atom stereocenters. The van der Waals surface area contributed by atoms with Crippen LogP contribution in [0.15, 0.2) is 43.0 Å². The molecule has 0 aromatic carbocycles. The van der Waals surface area contributed by atoms with Crippen LogP contribution in [0.3, 0.4) is 0 Å². The molecule has 0 aliphatic rings. The first-order valence-electron chi connectivity index (χ1n) is 7.08. The normalized spacial score (nSPS) is 11.5. The Labute approximate surface area is 128 Å². The van der Waals surface area contributed by atoms with Gasteiger partial charge in [-0.05, 0) is 29.8 Å². The summed E-state index contributed by atoms with van der Waals surface area (Å²) in [6.07, 6.45) is 5.12. The van der Waals surface area contributed by atoms with Crippen molar-refractivity contribution in [3.05, 3.63) is 48.5 Å². The van der Waals surface area contributed by atoms with E-state index in [1.54, 1.807) is 6.07 Å². The van der Waals surface area contributed by atoms with E-state index in [-0.39, 0.29) is 5.41 Å². The monoisotopic (exact) mass is 294 g/mol. The van der Waals surface area contributed by atoms with Crippen LogP contribution in [0.1, 0.15) is 19.4 Å². The molecule has 0 aliphatic carbocycles. The zero-order valence-electron chi connectivity index (χ0n) is 12.6. The molecular formula is C16H18N6. The predicted molar refractivity (Wildman–Crippen MR) is 87.5 cm³/mol. The summed E-state index contributed by atoms with van der Waals surface area (Å²) in [5, 5.41) is 4.26. The average Bonchev–Trinajstić information content (AvgIpc) is 2.53. The van der Waals surface area contributed by atoms with E-state index < -0.39 is 0 Å². The maximum atomic E-state index is 5.70. The molecule has 3 rings (SSSR count). The number of nitrogens with zero attached hydrogens (tertiary/aromatic N) is 4. The number of hydrogen-bond acceptors (Lipinski definition) is 6. The lowest BCUT2D eigenvalue weighted by Gasteiger charge is -2.26. The largest absolute Gasteiger partial charge is 0.384 e. The quantitative estimate of drug-likeness (QED) is 0.768. The van der Waals surface area contributed by atoms with Gasteiger partial charge in [0.1, 0.15) is 18.0 Å². The van der Waals surface area contributed by atoms with Crippen molar-refractivity contribution in [1.82, 2.24) is 19.9 Å². The first-order chi connectivity index (χ1) is 10.6. The molecule has 0 saturated carbocycles. The lowest BCUT2D eigenvalue weighted by molar-refractivity contribution is 0.555. The van der Waals surface area contributed by atoms with Gasteiger partial charge in [-0.1, -0.05) is 13.8 Å². The third-order valence-electron chi connectivity index (χ3n) is 3.68. The highest BCUT2D eigenvalue weighted by Crippen LogP contribution is 2.24. The summed E-state index contributed by atoms with van der Waals surface area (Å²) in [5.74, 6) is 1.22. The lowest BCUT2D eigenvalue weighted by Crippen LogP contribution is -2.28. The maximum Gasteiger partial charge on any atom is 0.166 e. The average molecular weight is 294 g/mol. The number of aromatic nitrogens is 4. The Bertz CT molecular complexity index is 785. The van der Waals surface area contributed by atoms with Gasteiger partial charge in [-0.3, -0.25) is 4.98 Å². The molecule has 0 amide bonds. The fraction of sp³-hybridized carbons (Fsp3) is 0.250. The highest BCUT2D eigenvalue weighted by atomic mass is 15.0. The van der Waals surface area contributed by atoms with Crippen LogP contribution in [-0.2, 0) is 5.41 Å². The van der Waals surface area contributed by atoms with E-state index in [1.165, 1.54) is 11.9 Å². The van der Waals surface area contributed by atoms with Crippen LogP contribution in [0.2, 0.25) is 0 Å². The minimum Gasteiger partial charge on any atom is -0.384 e. The molecule has 0 saturated heterocycles. The van der Waals surface area contributed by atoms with Gasteiger partial charge in [-0.15, -0.1) is 0 Å². The van der Waals surface area contributed by atoms with Gasteiger partial charge in [0.25, 0.3) is 0 Å². The molecule has 6 nitrogen and oxygen atoms in total. The van der Waals surface area contributed by atoms with E-state index in [2.05, 4.69) is 39.1 Å². The molecule has 0 spiro atoms. The summed E-state index contributed by atoms with van der Waals surface area (Å²) in [7, 11) is 0. The topological polar surface area (TPSA) is 89.6 Å². The van der Waals surface area contributed by atoms with Gasteiger partial charge in [0.05, 0.1) is 5.39 Å². The number of nitrogens with one attached hydrogen (secondary N) is 1. The summed E-state index contributed by atoms with van der Waals surface area (Å²) in [6.45, 7) is 5.08. The van der Waals surface area contributed by atoms with Crippen LogP contribution < -0.4 is 11.1 Å². The van der Waals surface area contributed by atoms with Crippen LogP contribution in [-0.4, -0.2) is 26.5 Å². The van der Waals surface area contributed by atoms with E-state index in [4.69, 9.17) is 5.73 Å². The van der Waals surface area contributed by atoms with E-state index in [0.29, 0.717) is 11.5 Å². The zero-order chi connectivity index (χ0) is 15.6. The fourth-order valence-electron chi connectivity index (χ4n) is 2.31. The van der Waals surface area contributed by atoms with Crippen molar-refractivity contribution >= 4 is 22.7 Å². The molecule has 3 heterocycles. The Hall–Kier alpha value is -2.76. The Kier molecular flexibility index (Phi) is 3.58. The van der Waals surface area contributed by atoms with Gasteiger partial charge >= 0.3 is 0 Å². The summed E-state index contributed by atoms with van der Waals surface area (Å²) in [6, 6.07) is 7.70.